The maximum Gasteiger partial charge on any atom is 0.318 e. The van der Waals surface area contributed by atoms with Gasteiger partial charge in [-0.2, -0.15) is 0 Å². The topological polar surface area (TPSA) is 307 Å². The number of nitrogens with zero attached hydrogens (tertiary/aromatic N) is 3. The number of esters is 7. The average molecular weight is 1120 g/mol. The van der Waals surface area contributed by atoms with Crippen LogP contribution in [-0.2, 0) is 105 Å². The van der Waals surface area contributed by atoms with Gasteiger partial charge in [-0.05, 0) is 122 Å². The van der Waals surface area contributed by atoms with Crippen LogP contribution < -0.4 is 0 Å². The van der Waals surface area contributed by atoms with Gasteiger partial charge in [-0.15, -0.1) is 0 Å². The van der Waals surface area contributed by atoms with Gasteiger partial charge in [0.15, 0.2) is 23.1 Å². The lowest BCUT2D eigenvalue weighted by Gasteiger charge is -2.41. The van der Waals surface area contributed by atoms with Crippen LogP contribution in [0.25, 0.3) is 10.4 Å². The van der Waals surface area contributed by atoms with E-state index < -0.39 is 142 Å². The normalized spacial score (nSPS) is 21.7. The van der Waals surface area contributed by atoms with Gasteiger partial charge in [-0.3, -0.25) is 33.6 Å². The summed E-state index contributed by atoms with van der Waals surface area (Å²) >= 11 is 0. The van der Waals surface area contributed by atoms with E-state index in [2.05, 4.69) is 10.0 Å². The highest BCUT2D eigenvalue weighted by Crippen LogP contribution is 2.37. The molecule has 4 saturated heterocycles. The molecule has 0 aliphatic carbocycles. The zero-order valence-electron chi connectivity index (χ0n) is 48.5. The van der Waals surface area contributed by atoms with Crippen LogP contribution in [0.1, 0.15) is 130 Å². The van der Waals surface area contributed by atoms with Gasteiger partial charge in [0, 0.05) is 11.5 Å². The highest BCUT2D eigenvalue weighted by atomic mass is 16.7. The summed E-state index contributed by atoms with van der Waals surface area (Å²) in [6.45, 7) is 18.9. The zero-order valence-corrected chi connectivity index (χ0v) is 48.5. The van der Waals surface area contributed by atoms with Crippen LogP contribution in [0.4, 0.5) is 0 Å². The quantitative estimate of drug-likeness (QED) is 0.0245. The number of carbonyl (C=O) groups excluding carboxylic acids is 7. The van der Waals surface area contributed by atoms with Crippen LogP contribution in [0.2, 0.25) is 0 Å². The number of azide groups is 1. The average Bonchev–Trinajstić information content (AvgIpc) is 3.38. The Bertz CT molecular complexity index is 1940. The molecule has 0 aromatic carbocycles. The molecule has 0 amide bonds. The molecule has 0 radical (unpaired) electrons. The number of unbranched alkanes of at least 4 members (excludes halogenated alkanes) is 3. The van der Waals surface area contributed by atoms with Crippen molar-refractivity contribution in [3.8, 4) is 0 Å². The number of hydrogen-bond acceptors (Lipinski definition) is 23. The molecule has 0 atom stereocenters. The Balaban J connectivity index is 1.60. The number of carbonyl (C=O) groups is 7. The fourth-order valence-electron chi connectivity index (χ4n) is 7.36. The molecule has 78 heavy (non-hydrogen) atoms. The van der Waals surface area contributed by atoms with Gasteiger partial charge in [0.05, 0.1) is 59.5 Å². The molecule has 0 aromatic heterocycles. The van der Waals surface area contributed by atoms with Gasteiger partial charge in [-0.25, -0.2) is 0 Å². The third kappa shape index (κ3) is 18.1. The zero-order chi connectivity index (χ0) is 58.7. The second-order valence-corrected chi connectivity index (χ2v) is 24.8. The lowest BCUT2D eigenvalue weighted by Crippen LogP contribution is -2.52. The molecular formula is C53H85N3O22. The largest absolute Gasteiger partial charge is 0.465 e. The summed E-state index contributed by atoms with van der Waals surface area (Å²) in [7, 11) is 0. The van der Waals surface area contributed by atoms with Crippen LogP contribution in [0.15, 0.2) is 5.11 Å². The second-order valence-electron chi connectivity index (χ2n) is 24.8. The molecule has 0 bridgehead atoms. The molecule has 0 spiro atoms. The molecule has 4 fully saturated rings. The van der Waals surface area contributed by atoms with Crippen molar-refractivity contribution >= 4 is 41.8 Å². The van der Waals surface area contributed by atoms with E-state index >= 15 is 0 Å². The molecule has 0 unspecified atom stereocenters. The Kier molecular flexibility index (Phi) is 21.8. The first kappa shape index (κ1) is 65.8. The van der Waals surface area contributed by atoms with Crippen molar-refractivity contribution in [2.75, 3.05) is 106 Å². The smallest absolute Gasteiger partial charge is 0.318 e. The number of rotatable bonds is 26. The summed E-state index contributed by atoms with van der Waals surface area (Å²) < 4.78 is 86.2. The first-order valence-electron chi connectivity index (χ1n) is 26.2. The minimum absolute atomic E-state index is 0.0773. The van der Waals surface area contributed by atoms with E-state index in [9.17, 15) is 33.6 Å². The maximum absolute atomic E-state index is 14.5. The van der Waals surface area contributed by atoms with Crippen LogP contribution in [0.3, 0.4) is 0 Å². The summed E-state index contributed by atoms with van der Waals surface area (Å²) in [4.78, 5) is 101. The SMILES string of the molecule is CC1(C)OCC(C)(C(=O)OCC(C)(COC(=O)C2(C)COC(C)(C)OC2)C(=O)OCC(C)(COC(=O)C(C)(COC(=O)C2(C)COC(C)(C)OC2)COC(=O)C2(C)COC(C)(C)OC2)C(=O)OCCCCCCN=[N+]=[N-])CO1. The lowest BCUT2D eigenvalue weighted by molar-refractivity contribution is -0.283. The number of hydrogen-bond donors (Lipinski definition) is 0. The summed E-state index contributed by atoms with van der Waals surface area (Å²) in [5, 5.41) is 3.52. The van der Waals surface area contributed by atoms with E-state index in [0.29, 0.717) is 32.2 Å². The molecule has 4 heterocycles. The summed E-state index contributed by atoms with van der Waals surface area (Å²) in [5.41, 5.74) is -2.42. The van der Waals surface area contributed by atoms with Gasteiger partial charge in [0.25, 0.3) is 0 Å². The van der Waals surface area contributed by atoms with Crippen molar-refractivity contribution in [3.63, 3.8) is 0 Å². The van der Waals surface area contributed by atoms with Crippen LogP contribution >= 0.6 is 0 Å². The molecular weight excluding hydrogens is 1030 g/mol. The van der Waals surface area contributed by atoms with E-state index in [1.807, 2.05) is 0 Å². The molecule has 0 saturated carbocycles. The van der Waals surface area contributed by atoms with E-state index in [1.165, 1.54) is 20.8 Å². The highest BCUT2D eigenvalue weighted by molar-refractivity contribution is 5.84. The van der Waals surface area contributed by atoms with E-state index in [4.69, 9.17) is 76.6 Å². The molecule has 4 aliphatic heterocycles. The van der Waals surface area contributed by atoms with Crippen molar-refractivity contribution in [3.05, 3.63) is 10.4 Å². The minimum atomic E-state index is -1.97. The van der Waals surface area contributed by atoms with Crippen molar-refractivity contribution in [1.29, 1.82) is 0 Å². The van der Waals surface area contributed by atoms with Gasteiger partial charge in [0.1, 0.15) is 77.5 Å². The standard InChI is InChI=1S/C53H85N3O22/c1-43(2)71-28-50(12,29-72-43)39(60)67-24-48(10,25-68-40(61)51(13)30-73-44(3,4)74-31-51)37(58)65-22-47(9,36(57)64-21-19-17-16-18-20-55-56-54)23-66-38(59)49(11,26-69-41(62)52(14)32-75-45(5,6)76-33-52)27-70-42(63)53(15)34-77-46(7,8)78-35-53/h16-35H2,1-15H3. The molecule has 25 heteroatoms. The Morgan fingerprint density at radius 3 is 0.872 bits per heavy atom. The molecule has 4 rings (SSSR count). The summed E-state index contributed by atoms with van der Waals surface area (Å²) in [5.74, 6) is -10.2. The fourth-order valence-corrected chi connectivity index (χ4v) is 7.36. The number of ether oxygens (including phenoxy) is 15. The Labute approximate surface area is 457 Å². The minimum Gasteiger partial charge on any atom is -0.465 e. The van der Waals surface area contributed by atoms with Gasteiger partial charge in [0.2, 0.25) is 0 Å². The molecule has 0 N–H and O–H groups in total. The summed E-state index contributed by atoms with van der Waals surface area (Å²) in [6, 6.07) is 0. The van der Waals surface area contributed by atoms with Crippen molar-refractivity contribution in [1.82, 2.24) is 0 Å². The van der Waals surface area contributed by atoms with Crippen molar-refractivity contribution < 1.29 is 105 Å². The molecule has 444 valence electrons. The first-order valence-corrected chi connectivity index (χ1v) is 26.2. The molecule has 0 aromatic rings. The predicted molar refractivity (Wildman–Crippen MR) is 270 cm³/mol. The Morgan fingerprint density at radius 1 is 0.385 bits per heavy atom. The summed E-state index contributed by atoms with van der Waals surface area (Å²) in [6.07, 6.45) is 2.24. The first-order chi connectivity index (χ1) is 35.9. The maximum atomic E-state index is 14.5. The van der Waals surface area contributed by atoms with Crippen LogP contribution in [-0.4, -0.2) is 171 Å². The predicted octanol–water partition coefficient (Wildman–Crippen LogP) is 5.84. The third-order valence-electron chi connectivity index (χ3n) is 13.9. The van der Waals surface area contributed by atoms with Crippen molar-refractivity contribution in [2.24, 2.45) is 43.0 Å². The van der Waals surface area contributed by atoms with E-state index in [0.717, 1.165) is 0 Å². The molecule has 25 nitrogen and oxygen atoms in total. The monoisotopic (exact) mass is 1120 g/mol. The van der Waals surface area contributed by atoms with E-state index in [1.54, 1.807) is 83.1 Å². The third-order valence-corrected chi connectivity index (χ3v) is 13.9. The van der Waals surface area contributed by atoms with Gasteiger partial charge in [-0.1, -0.05) is 18.0 Å². The molecule has 4 aliphatic rings. The van der Waals surface area contributed by atoms with Crippen LogP contribution in [0, 0.1) is 37.9 Å². The van der Waals surface area contributed by atoms with E-state index in [-0.39, 0.29) is 59.5 Å². The highest BCUT2D eigenvalue weighted by Gasteiger charge is 2.52. The van der Waals surface area contributed by atoms with Crippen molar-refractivity contribution in [2.45, 2.75) is 153 Å². The van der Waals surface area contributed by atoms with Gasteiger partial charge < -0.3 is 71.1 Å². The lowest BCUT2D eigenvalue weighted by atomic mass is 9.89. The fraction of sp³-hybridized carbons (Fsp3) is 0.868. The van der Waals surface area contributed by atoms with Gasteiger partial charge >= 0.3 is 41.8 Å². The second kappa shape index (κ2) is 25.8. The Morgan fingerprint density at radius 2 is 0.615 bits per heavy atom. The Hall–Kier alpha value is -4.72. The van der Waals surface area contributed by atoms with Crippen LogP contribution in [0.5, 0.6) is 0 Å².